The third-order valence-corrected chi connectivity index (χ3v) is 3.66. The SMILES string of the molecule is NC(F)(P)c1cc(Cl)n(Cc2cc(=O)n3ccccc3n2)n1. The maximum Gasteiger partial charge on any atom is 0.258 e. The topological polar surface area (TPSA) is 78.2 Å². The maximum absolute atomic E-state index is 13.7. The summed E-state index contributed by atoms with van der Waals surface area (Å²) in [4.78, 5) is 16.4. The highest BCUT2D eigenvalue weighted by Crippen LogP contribution is 2.28. The predicted octanol–water partition coefficient (Wildman–Crippen LogP) is 1.51. The Morgan fingerprint density at radius 1 is 1.41 bits per heavy atom. The van der Waals surface area contributed by atoms with Crippen LogP contribution in [0.2, 0.25) is 5.15 Å². The van der Waals surface area contributed by atoms with Crippen LogP contribution in [0.5, 0.6) is 0 Å². The summed E-state index contributed by atoms with van der Waals surface area (Å²) in [6.07, 6.45) is 1.63. The van der Waals surface area contributed by atoms with Gasteiger partial charge in [0.15, 0.2) is 0 Å². The number of aromatic nitrogens is 4. The van der Waals surface area contributed by atoms with Crippen molar-refractivity contribution >= 4 is 26.5 Å². The second kappa shape index (κ2) is 5.43. The molecular formula is C13H12ClFN5OP. The standard InChI is InChI=1S/C13H12ClFN5OP/c14-10-6-9(13(15,16)22)18-20(10)7-8-5-12(21)19-4-2-1-3-11(19)17-8/h1-6H,7,16,22H2. The van der Waals surface area contributed by atoms with Gasteiger partial charge in [-0.15, -0.1) is 0 Å². The van der Waals surface area contributed by atoms with Gasteiger partial charge in [0.05, 0.1) is 12.2 Å². The van der Waals surface area contributed by atoms with Crippen molar-refractivity contribution in [3.05, 3.63) is 63.4 Å². The lowest BCUT2D eigenvalue weighted by Crippen LogP contribution is -2.24. The molecular weight excluding hydrogens is 328 g/mol. The number of pyridine rings is 1. The van der Waals surface area contributed by atoms with Crippen LogP contribution in [0.3, 0.4) is 0 Å². The first kappa shape index (κ1) is 15.1. The lowest BCUT2D eigenvalue weighted by molar-refractivity contribution is 0.294. The summed E-state index contributed by atoms with van der Waals surface area (Å²) in [5.41, 5.74) is 3.92. The molecule has 3 aromatic rings. The van der Waals surface area contributed by atoms with Gasteiger partial charge in [-0.2, -0.15) is 5.10 Å². The van der Waals surface area contributed by atoms with E-state index in [4.69, 9.17) is 17.3 Å². The van der Waals surface area contributed by atoms with Gasteiger partial charge in [-0.3, -0.25) is 14.9 Å². The number of alkyl halides is 1. The van der Waals surface area contributed by atoms with Gasteiger partial charge in [0.2, 0.25) is 5.53 Å². The summed E-state index contributed by atoms with van der Waals surface area (Å²) in [7, 11) is 1.85. The normalized spacial score (nSPS) is 14.2. The van der Waals surface area contributed by atoms with Gasteiger partial charge in [0, 0.05) is 18.3 Å². The zero-order chi connectivity index (χ0) is 15.9. The molecule has 3 heterocycles. The minimum Gasteiger partial charge on any atom is -0.291 e. The molecule has 2 unspecified atom stereocenters. The van der Waals surface area contributed by atoms with Crippen LogP contribution in [-0.2, 0) is 12.1 Å². The molecule has 0 fully saturated rings. The highest BCUT2D eigenvalue weighted by molar-refractivity contribution is 7.17. The monoisotopic (exact) mass is 339 g/mol. The molecule has 0 aliphatic rings. The number of halogens is 2. The van der Waals surface area contributed by atoms with Crippen LogP contribution in [0.25, 0.3) is 5.65 Å². The fraction of sp³-hybridized carbons (Fsp3) is 0.154. The molecule has 0 bridgehead atoms. The Morgan fingerprint density at radius 3 is 2.86 bits per heavy atom. The molecule has 2 atom stereocenters. The average Bonchev–Trinajstić information content (AvgIpc) is 2.80. The van der Waals surface area contributed by atoms with Gasteiger partial charge < -0.3 is 0 Å². The summed E-state index contributed by atoms with van der Waals surface area (Å²) < 4.78 is 16.4. The quantitative estimate of drug-likeness (QED) is 0.579. The second-order valence-electron chi connectivity index (χ2n) is 4.79. The molecule has 3 aromatic heterocycles. The highest BCUT2D eigenvalue weighted by Gasteiger charge is 2.24. The number of hydrogen-bond acceptors (Lipinski definition) is 4. The van der Waals surface area contributed by atoms with E-state index in [1.165, 1.54) is 21.2 Å². The predicted molar refractivity (Wildman–Crippen MR) is 84.5 cm³/mol. The fourth-order valence-corrected chi connectivity index (χ4v) is 2.37. The molecule has 0 aliphatic heterocycles. The molecule has 0 aromatic carbocycles. The fourth-order valence-electron chi connectivity index (χ4n) is 2.03. The van der Waals surface area contributed by atoms with E-state index in [-0.39, 0.29) is 23.0 Å². The molecule has 0 saturated carbocycles. The first-order valence-corrected chi connectivity index (χ1v) is 7.28. The number of hydrogen-bond donors (Lipinski definition) is 1. The van der Waals surface area contributed by atoms with Gasteiger partial charge in [-0.25, -0.2) is 14.1 Å². The Balaban J connectivity index is 2.00. The molecule has 0 saturated heterocycles. The summed E-state index contributed by atoms with van der Waals surface area (Å²) in [5.74, 6) is 0. The number of fused-ring (bicyclic) bond motifs is 1. The van der Waals surface area contributed by atoms with Crippen LogP contribution >= 0.6 is 20.8 Å². The lowest BCUT2D eigenvalue weighted by Gasteiger charge is -2.09. The van der Waals surface area contributed by atoms with Crippen LogP contribution in [-0.4, -0.2) is 19.2 Å². The zero-order valence-electron chi connectivity index (χ0n) is 11.3. The smallest absolute Gasteiger partial charge is 0.258 e. The second-order valence-corrected chi connectivity index (χ2v) is 6.02. The molecule has 0 radical (unpaired) electrons. The largest absolute Gasteiger partial charge is 0.291 e. The van der Waals surface area contributed by atoms with Gasteiger partial charge in [0.25, 0.3) is 5.56 Å². The highest BCUT2D eigenvalue weighted by atomic mass is 35.5. The Labute approximate surface area is 131 Å². The first-order chi connectivity index (χ1) is 10.3. The minimum absolute atomic E-state index is 0.0139. The molecule has 22 heavy (non-hydrogen) atoms. The number of nitrogens with zero attached hydrogens (tertiary/aromatic N) is 4. The van der Waals surface area contributed by atoms with Crippen LogP contribution in [0.15, 0.2) is 41.3 Å². The van der Waals surface area contributed by atoms with Gasteiger partial charge >= 0.3 is 0 Å². The van der Waals surface area contributed by atoms with E-state index in [0.717, 1.165) is 0 Å². The molecule has 0 spiro atoms. The number of rotatable bonds is 3. The first-order valence-electron chi connectivity index (χ1n) is 6.32. The Morgan fingerprint density at radius 2 is 2.18 bits per heavy atom. The van der Waals surface area contributed by atoms with Crippen molar-refractivity contribution in [2.24, 2.45) is 5.73 Å². The van der Waals surface area contributed by atoms with Gasteiger partial charge in [0.1, 0.15) is 16.5 Å². The van der Waals surface area contributed by atoms with E-state index in [9.17, 15) is 9.18 Å². The van der Waals surface area contributed by atoms with Crippen LogP contribution in [0.1, 0.15) is 11.4 Å². The van der Waals surface area contributed by atoms with E-state index in [1.807, 2.05) is 9.24 Å². The van der Waals surface area contributed by atoms with Crippen molar-refractivity contribution in [3.63, 3.8) is 0 Å². The van der Waals surface area contributed by atoms with Crippen molar-refractivity contribution in [1.29, 1.82) is 0 Å². The van der Waals surface area contributed by atoms with Crippen molar-refractivity contribution in [2.75, 3.05) is 0 Å². The Hall–Kier alpha value is -1.82. The molecule has 9 heteroatoms. The van der Waals surface area contributed by atoms with Gasteiger partial charge in [-0.05, 0) is 12.1 Å². The molecule has 0 amide bonds. The lowest BCUT2D eigenvalue weighted by atomic mass is 10.3. The Bertz CT molecular complexity index is 901. The van der Waals surface area contributed by atoms with Crippen LogP contribution in [0.4, 0.5) is 4.39 Å². The molecule has 114 valence electrons. The van der Waals surface area contributed by atoms with Crippen molar-refractivity contribution < 1.29 is 4.39 Å². The number of nitrogens with two attached hydrogens (primary N) is 1. The van der Waals surface area contributed by atoms with Crippen molar-refractivity contribution in [3.8, 4) is 0 Å². The van der Waals surface area contributed by atoms with E-state index in [1.54, 1.807) is 24.4 Å². The van der Waals surface area contributed by atoms with Crippen LogP contribution < -0.4 is 11.3 Å². The van der Waals surface area contributed by atoms with E-state index >= 15 is 0 Å². The van der Waals surface area contributed by atoms with Crippen molar-refractivity contribution in [2.45, 2.75) is 12.1 Å². The van der Waals surface area contributed by atoms with E-state index in [0.29, 0.717) is 11.3 Å². The van der Waals surface area contributed by atoms with E-state index < -0.39 is 5.53 Å². The summed E-state index contributed by atoms with van der Waals surface area (Å²) in [6.45, 7) is 0.139. The third-order valence-electron chi connectivity index (χ3n) is 3.06. The summed E-state index contributed by atoms with van der Waals surface area (Å²) >= 11 is 6.02. The van der Waals surface area contributed by atoms with Crippen molar-refractivity contribution in [1.82, 2.24) is 19.2 Å². The maximum atomic E-state index is 13.7. The third kappa shape index (κ3) is 2.88. The molecule has 0 aliphatic carbocycles. The molecule has 2 N–H and O–H groups in total. The minimum atomic E-state index is -2.16. The summed E-state index contributed by atoms with van der Waals surface area (Å²) in [5, 5.41) is 4.21. The zero-order valence-corrected chi connectivity index (χ0v) is 13.2. The molecule has 6 nitrogen and oxygen atoms in total. The Kier molecular flexibility index (Phi) is 3.72. The summed E-state index contributed by atoms with van der Waals surface area (Å²) in [6, 6.07) is 7.97. The van der Waals surface area contributed by atoms with E-state index in [2.05, 4.69) is 10.1 Å². The van der Waals surface area contributed by atoms with Crippen LogP contribution in [0, 0.1) is 0 Å². The molecule has 3 rings (SSSR count). The average molecular weight is 340 g/mol. The van der Waals surface area contributed by atoms with Gasteiger partial charge in [-0.1, -0.05) is 26.9 Å².